The van der Waals surface area contributed by atoms with Crippen molar-refractivity contribution in [3.05, 3.63) is 35.9 Å². The van der Waals surface area contributed by atoms with Crippen LogP contribution in [-0.2, 0) is 4.79 Å². The van der Waals surface area contributed by atoms with Crippen molar-refractivity contribution in [1.82, 2.24) is 20.4 Å². The number of likely N-dealkylation sites (N-methyl/N-ethyl adjacent to an activating group) is 2. The van der Waals surface area contributed by atoms with Gasteiger partial charge in [0.05, 0.1) is 6.04 Å². The van der Waals surface area contributed by atoms with Crippen LogP contribution in [0.4, 0.5) is 4.79 Å². The third-order valence-corrected chi connectivity index (χ3v) is 5.11. The van der Waals surface area contributed by atoms with Gasteiger partial charge in [-0.1, -0.05) is 49.6 Å². The fraction of sp³-hybridized carbons (Fsp3) is 0.619. The zero-order valence-corrected chi connectivity index (χ0v) is 16.9. The fourth-order valence-corrected chi connectivity index (χ4v) is 3.57. The molecule has 6 nitrogen and oxygen atoms in total. The van der Waals surface area contributed by atoms with Crippen LogP contribution in [0.5, 0.6) is 0 Å². The first-order valence-corrected chi connectivity index (χ1v) is 9.97. The summed E-state index contributed by atoms with van der Waals surface area (Å²) in [5.74, 6) is 0.0257. The highest BCUT2D eigenvalue weighted by atomic mass is 16.2. The molecule has 3 amide bonds. The number of urea groups is 1. The van der Waals surface area contributed by atoms with Crippen molar-refractivity contribution < 1.29 is 9.59 Å². The number of hydrogen-bond acceptors (Lipinski definition) is 3. The second-order valence-corrected chi connectivity index (χ2v) is 7.68. The van der Waals surface area contributed by atoms with Gasteiger partial charge in [-0.15, -0.1) is 0 Å². The van der Waals surface area contributed by atoms with Crippen molar-refractivity contribution in [2.45, 2.75) is 50.6 Å². The van der Waals surface area contributed by atoms with E-state index in [9.17, 15) is 9.59 Å². The van der Waals surface area contributed by atoms with Gasteiger partial charge in [-0.05, 0) is 32.5 Å². The molecule has 0 aliphatic heterocycles. The number of carbonyl (C=O) groups excluding carboxylic acids is 2. The van der Waals surface area contributed by atoms with Crippen molar-refractivity contribution in [3.8, 4) is 0 Å². The smallest absolute Gasteiger partial charge is 0.317 e. The maximum Gasteiger partial charge on any atom is 0.317 e. The number of rotatable bonds is 8. The van der Waals surface area contributed by atoms with Crippen molar-refractivity contribution in [1.29, 1.82) is 0 Å². The van der Waals surface area contributed by atoms with Gasteiger partial charge < -0.3 is 20.4 Å². The summed E-state index contributed by atoms with van der Waals surface area (Å²) in [6, 6.07) is 10.1. The maximum absolute atomic E-state index is 12.6. The lowest BCUT2D eigenvalue weighted by atomic mass is 9.95. The maximum atomic E-state index is 12.6. The molecule has 0 bridgehead atoms. The monoisotopic (exact) mass is 374 g/mol. The molecule has 1 atom stereocenters. The number of benzene rings is 1. The predicted octanol–water partition coefficient (Wildman–Crippen LogP) is 2.77. The average Bonchev–Trinajstić information content (AvgIpc) is 2.66. The van der Waals surface area contributed by atoms with Gasteiger partial charge in [0, 0.05) is 32.6 Å². The highest BCUT2D eigenvalue weighted by Crippen LogP contribution is 2.20. The van der Waals surface area contributed by atoms with E-state index < -0.39 is 0 Å². The molecule has 0 heterocycles. The van der Waals surface area contributed by atoms with Crippen LogP contribution in [0.15, 0.2) is 30.3 Å². The van der Waals surface area contributed by atoms with Crippen LogP contribution in [0.25, 0.3) is 0 Å². The predicted molar refractivity (Wildman–Crippen MR) is 109 cm³/mol. The van der Waals surface area contributed by atoms with Gasteiger partial charge >= 0.3 is 6.03 Å². The van der Waals surface area contributed by atoms with Crippen LogP contribution in [0.3, 0.4) is 0 Å². The van der Waals surface area contributed by atoms with Crippen LogP contribution in [0, 0.1) is 0 Å². The summed E-state index contributed by atoms with van der Waals surface area (Å²) >= 11 is 0. The summed E-state index contributed by atoms with van der Waals surface area (Å²) in [6.45, 7) is 1.08. The third kappa shape index (κ3) is 7.21. The van der Waals surface area contributed by atoms with Crippen LogP contribution in [-0.4, -0.2) is 62.0 Å². The van der Waals surface area contributed by atoms with Crippen molar-refractivity contribution in [3.63, 3.8) is 0 Å². The molecule has 150 valence electrons. The SMILES string of the molecule is CN(C)C[C@H](c1ccccc1)N(C)C(=O)NCCC(=O)NC1CCCCC1. The number of hydrogen-bond donors (Lipinski definition) is 2. The van der Waals surface area contributed by atoms with Crippen LogP contribution < -0.4 is 10.6 Å². The highest BCUT2D eigenvalue weighted by Gasteiger charge is 2.22. The largest absolute Gasteiger partial charge is 0.353 e. The fourth-order valence-electron chi connectivity index (χ4n) is 3.57. The Kier molecular flexibility index (Phi) is 8.58. The van der Waals surface area contributed by atoms with Crippen LogP contribution >= 0.6 is 0 Å². The minimum Gasteiger partial charge on any atom is -0.353 e. The molecule has 1 saturated carbocycles. The van der Waals surface area contributed by atoms with E-state index in [1.54, 1.807) is 11.9 Å². The van der Waals surface area contributed by atoms with Gasteiger partial charge in [0.1, 0.15) is 0 Å². The molecule has 1 fully saturated rings. The summed E-state index contributed by atoms with van der Waals surface area (Å²) in [5.41, 5.74) is 1.10. The zero-order valence-electron chi connectivity index (χ0n) is 16.9. The molecule has 0 aromatic heterocycles. The molecule has 1 aliphatic carbocycles. The van der Waals surface area contributed by atoms with Gasteiger partial charge in [0.15, 0.2) is 0 Å². The quantitative estimate of drug-likeness (QED) is 0.735. The molecule has 2 N–H and O–H groups in total. The van der Waals surface area contributed by atoms with E-state index in [0.717, 1.165) is 24.9 Å². The molecule has 0 radical (unpaired) electrons. The molecular weight excluding hydrogens is 340 g/mol. The summed E-state index contributed by atoms with van der Waals surface area (Å²) < 4.78 is 0. The Bertz CT molecular complexity index is 585. The first-order chi connectivity index (χ1) is 13.0. The molecule has 2 rings (SSSR count). The summed E-state index contributed by atoms with van der Waals surface area (Å²) in [7, 11) is 5.80. The molecule has 1 aliphatic rings. The molecule has 0 unspecified atom stereocenters. The van der Waals surface area contributed by atoms with Crippen LogP contribution in [0.1, 0.15) is 50.1 Å². The van der Waals surface area contributed by atoms with E-state index in [0.29, 0.717) is 19.0 Å². The first kappa shape index (κ1) is 21.2. The highest BCUT2D eigenvalue weighted by molar-refractivity contribution is 5.78. The summed E-state index contributed by atoms with van der Waals surface area (Å²) in [4.78, 5) is 28.4. The van der Waals surface area contributed by atoms with E-state index >= 15 is 0 Å². The van der Waals surface area contributed by atoms with E-state index in [4.69, 9.17) is 0 Å². The molecule has 1 aromatic rings. The van der Waals surface area contributed by atoms with E-state index in [1.807, 2.05) is 44.4 Å². The Morgan fingerprint density at radius 1 is 1.07 bits per heavy atom. The average molecular weight is 375 g/mol. The Morgan fingerprint density at radius 3 is 2.37 bits per heavy atom. The Labute approximate surface area is 163 Å². The number of nitrogens with zero attached hydrogens (tertiary/aromatic N) is 2. The van der Waals surface area contributed by atoms with Crippen molar-refractivity contribution >= 4 is 11.9 Å². The standard InChI is InChI=1S/C21H34N4O2/c1-24(2)16-19(17-10-6-4-7-11-17)25(3)21(27)22-15-14-20(26)23-18-12-8-5-9-13-18/h4,6-7,10-11,18-19H,5,8-9,12-16H2,1-3H3,(H,22,27)(H,23,26)/t19-/m1/s1. The summed E-state index contributed by atoms with van der Waals surface area (Å²) in [5, 5.41) is 5.97. The van der Waals surface area contributed by atoms with Gasteiger partial charge in [-0.2, -0.15) is 0 Å². The first-order valence-electron chi connectivity index (χ1n) is 9.97. The molecule has 0 spiro atoms. The minimum atomic E-state index is -0.156. The molecule has 27 heavy (non-hydrogen) atoms. The Hall–Kier alpha value is -2.08. The lowest BCUT2D eigenvalue weighted by Crippen LogP contribution is -2.44. The molecule has 1 aromatic carbocycles. The molecule has 6 heteroatoms. The Balaban J connectivity index is 1.81. The lowest BCUT2D eigenvalue weighted by molar-refractivity contribution is -0.121. The van der Waals surface area contributed by atoms with Gasteiger partial charge in [-0.25, -0.2) is 4.79 Å². The van der Waals surface area contributed by atoms with Gasteiger partial charge in [0.25, 0.3) is 0 Å². The lowest BCUT2D eigenvalue weighted by Gasteiger charge is -2.31. The molecular formula is C21H34N4O2. The van der Waals surface area contributed by atoms with Crippen LogP contribution in [0.2, 0.25) is 0 Å². The number of carbonyl (C=O) groups is 2. The topological polar surface area (TPSA) is 64.7 Å². The second-order valence-electron chi connectivity index (χ2n) is 7.68. The van der Waals surface area contributed by atoms with Crippen molar-refractivity contribution in [2.75, 3.05) is 34.2 Å². The van der Waals surface area contributed by atoms with E-state index in [-0.39, 0.29) is 18.0 Å². The van der Waals surface area contributed by atoms with Crippen molar-refractivity contribution in [2.24, 2.45) is 0 Å². The second kappa shape index (κ2) is 10.9. The number of amides is 3. The summed E-state index contributed by atoms with van der Waals surface area (Å²) in [6.07, 6.45) is 6.12. The number of nitrogens with one attached hydrogen (secondary N) is 2. The van der Waals surface area contributed by atoms with E-state index in [1.165, 1.54) is 19.3 Å². The van der Waals surface area contributed by atoms with Gasteiger partial charge in [-0.3, -0.25) is 4.79 Å². The third-order valence-electron chi connectivity index (χ3n) is 5.11. The van der Waals surface area contributed by atoms with Gasteiger partial charge in [0.2, 0.25) is 5.91 Å². The normalized spacial score (nSPS) is 16.0. The van der Waals surface area contributed by atoms with E-state index in [2.05, 4.69) is 15.5 Å². The zero-order chi connectivity index (χ0) is 19.6. The molecule has 0 saturated heterocycles. The Morgan fingerprint density at radius 2 is 1.74 bits per heavy atom. The minimum absolute atomic E-state index is 0.0257.